The Morgan fingerprint density at radius 2 is 2.24 bits per heavy atom. The smallest absolute Gasteiger partial charge is 0.410 e. The first-order valence-corrected chi connectivity index (χ1v) is 7.90. The van der Waals surface area contributed by atoms with E-state index in [1.807, 2.05) is 33.8 Å². The lowest BCUT2D eigenvalue weighted by atomic mass is 10.2. The van der Waals surface area contributed by atoms with Crippen LogP contribution in [0.25, 0.3) is 0 Å². The van der Waals surface area contributed by atoms with Crippen LogP contribution in [-0.2, 0) is 4.74 Å². The van der Waals surface area contributed by atoms with Crippen molar-refractivity contribution in [2.75, 3.05) is 18.4 Å². The Labute approximate surface area is 134 Å². The number of carbonyl (C=O) groups is 1. The summed E-state index contributed by atoms with van der Waals surface area (Å²) in [5.41, 5.74) is 1.61. The van der Waals surface area contributed by atoms with E-state index in [-0.39, 0.29) is 12.1 Å². The Kier molecular flexibility index (Phi) is 4.76. The molecule has 1 aliphatic rings. The summed E-state index contributed by atoms with van der Waals surface area (Å²) in [6, 6.07) is 2.28. The summed E-state index contributed by atoms with van der Waals surface area (Å²) in [5.74, 6) is 0. The van der Waals surface area contributed by atoms with Gasteiger partial charge in [0, 0.05) is 19.1 Å². The van der Waals surface area contributed by atoms with Gasteiger partial charge in [-0.1, -0.05) is 0 Å². The molecule has 2 rings (SSSR count). The lowest BCUT2D eigenvalue weighted by molar-refractivity contribution is 0.0293. The summed E-state index contributed by atoms with van der Waals surface area (Å²) in [7, 11) is 0. The van der Waals surface area contributed by atoms with E-state index in [0.29, 0.717) is 6.54 Å². The van der Waals surface area contributed by atoms with Crippen LogP contribution in [0.15, 0.2) is 16.9 Å². The van der Waals surface area contributed by atoms with Crippen LogP contribution >= 0.6 is 15.9 Å². The fourth-order valence-electron chi connectivity index (χ4n) is 2.24. The molecule has 21 heavy (non-hydrogen) atoms. The first kappa shape index (κ1) is 16.1. The lowest BCUT2D eigenvalue weighted by Gasteiger charge is -2.24. The molecule has 1 aromatic heterocycles. The van der Waals surface area contributed by atoms with Crippen LogP contribution in [0.4, 0.5) is 10.5 Å². The molecular formula is C15H22BrN3O2. The van der Waals surface area contributed by atoms with Crippen LogP contribution in [0.3, 0.4) is 0 Å². The number of nitrogens with zero attached hydrogens (tertiary/aromatic N) is 2. The highest BCUT2D eigenvalue weighted by Crippen LogP contribution is 2.21. The number of anilines is 1. The summed E-state index contributed by atoms with van der Waals surface area (Å²) in [6.07, 6.45) is 2.47. The molecule has 1 aliphatic heterocycles. The van der Waals surface area contributed by atoms with Gasteiger partial charge in [0.25, 0.3) is 0 Å². The third kappa shape index (κ3) is 4.59. The van der Waals surface area contributed by atoms with Crippen LogP contribution in [0.5, 0.6) is 0 Å². The number of likely N-dealkylation sites (tertiary alicyclic amines) is 1. The second-order valence-corrected chi connectivity index (χ2v) is 7.14. The minimum Gasteiger partial charge on any atom is -0.444 e. The van der Waals surface area contributed by atoms with Crippen molar-refractivity contribution in [1.29, 1.82) is 0 Å². The summed E-state index contributed by atoms with van der Waals surface area (Å²) >= 11 is 3.39. The molecule has 5 nitrogen and oxygen atoms in total. The third-order valence-electron chi connectivity index (χ3n) is 3.23. The average molecular weight is 356 g/mol. The lowest BCUT2D eigenvalue weighted by Crippen LogP contribution is -2.36. The molecule has 1 fully saturated rings. The van der Waals surface area contributed by atoms with E-state index in [9.17, 15) is 4.79 Å². The minimum absolute atomic E-state index is 0.236. The largest absolute Gasteiger partial charge is 0.444 e. The zero-order valence-electron chi connectivity index (χ0n) is 12.9. The Bertz CT molecular complexity index is 528. The zero-order valence-corrected chi connectivity index (χ0v) is 14.5. The number of rotatable bonds is 2. The van der Waals surface area contributed by atoms with Crippen molar-refractivity contribution < 1.29 is 9.53 Å². The van der Waals surface area contributed by atoms with Crippen LogP contribution < -0.4 is 5.32 Å². The number of hydrogen-bond donors (Lipinski definition) is 1. The van der Waals surface area contributed by atoms with Gasteiger partial charge in [0.1, 0.15) is 10.2 Å². The molecule has 1 N–H and O–H groups in total. The van der Waals surface area contributed by atoms with E-state index in [4.69, 9.17) is 4.74 Å². The van der Waals surface area contributed by atoms with Crippen molar-refractivity contribution in [3.63, 3.8) is 0 Å². The van der Waals surface area contributed by atoms with Crippen LogP contribution in [0.2, 0.25) is 0 Å². The molecular weight excluding hydrogens is 334 g/mol. The van der Waals surface area contributed by atoms with E-state index in [1.165, 1.54) is 0 Å². The van der Waals surface area contributed by atoms with Crippen LogP contribution in [0.1, 0.15) is 32.8 Å². The molecule has 0 aliphatic carbocycles. The van der Waals surface area contributed by atoms with E-state index >= 15 is 0 Å². The molecule has 0 saturated carbocycles. The zero-order chi connectivity index (χ0) is 15.6. The molecule has 6 heteroatoms. The van der Waals surface area contributed by atoms with E-state index < -0.39 is 5.60 Å². The Hall–Kier alpha value is -1.30. The van der Waals surface area contributed by atoms with Crippen molar-refractivity contribution >= 4 is 27.7 Å². The maximum atomic E-state index is 12.0. The minimum atomic E-state index is -0.449. The SMILES string of the molecule is Cc1cc(NC2CCN(C(=O)OC(C)(C)C)C2)cnc1Br. The van der Waals surface area contributed by atoms with Crippen molar-refractivity contribution in [3.05, 3.63) is 22.4 Å². The molecule has 116 valence electrons. The molecule has 1 unspecified atom stereocenters. The third-order valence-corrected chi connectivity index (χ3v) is 4.06. The Morgan fingerprint density at radius 3 is 2.86 bits per heavy atom. The van der Waals surface area contributed by atoms with Gasteiger partial charge >= 0.3 is 6.09 Å². The monoisotopic (exact) mass is 355 g/mol. The summed E-state index contributed by atoms with van der Waals surface area (Å²) < 4.78 is 6.25. The molecule has 0 aromatic carbocycles. The van der Waals surface area contributed by atoms with Gasteiger partial charge < -0.3 is 15.0 Å². The van der Waals surface area contributed by atoms with Gasteiger partial charge in [0.2, 0.25) is 0 Å². The van der Waals surface area contributed by atoms with Crippen molar-refractivity contribution in [1.82, 2.24) is 9.88 Å². The molecule has 1 aromatic rings. The van der Waals surface area contributed by atoms with Gasteiger partial charge in [-0.05, 0) is 61.7 Å². The fraction of sp³-hybridized carbons (Fsp3) is 0.600. The number of carbonyl (C=O) groups excluding carboxylic acids is 1. The quantitative estimate of drug-likeness (QED) is 0.823. The number of aromatic nitrogens is 1. The number of nitrogens with one attached hydrogen (secondary N) is 1. The van der Waals surface area contributed by atoms with Crippen LogP contribution in [0, 0.1) is 6.92 Å². The molecule has 0 spiro atoms. The molecule has 1 saturated heterocycles. The first-order chi connectivity index (χ1) is 9.74. The van der Waals surface area contributed by atoms with Crippen molar-refractivity contribution in [2.24, 2.45) is 0 Å². The number of hydrogen-bond acceptors (Lipinski definition) is 4. The maximum Gasteiger partial charge on any atom is 0.410 e. The Balaban J connectivity index is 1.90. The summed E-state index contributed by atoms with van der Waals surface area (Å²) in [6.45, 7) is 9.02. The second kappa shape index (κ2) is 6.22. The molecule has 2 heterocycles. The molecule has 1 atom stereocenters. The van der Waals surface area contributed by atoms with Crippen molar-refractivity contribution in [3.8, 4) is 0 Å². The van der Waals surface area contributed by atoms with E-state index in [0.717, 1.165) is 28.8 Å². The van der Waals surface area contributed by atoms with Gasteiger partial charge in [0.05, 0.1) is 11.9 Å². The summed E-state index contributed by atoms with van der Waals surface area (Å²) in [5, 5.41) is 3.42. The van der Waals surface area contributed by atoms with Gasteiger partial charge in [-0.2, -0.15) is 0 Å². The predicted molar refractivity (Wildman–Crippen MR) is 86.5 cm³/mol. The normalized spacial score (nSPS) is 18.7. The average Bonchev–Trinajstić information content (AvgIpc) is 2.80. The number of halogens is 1. The highest BCUT2D eigenvalue weighted by atomic mass is 79.9. The van der Waals surface area contributed by atoms with Gasteiger partial charge in [-0.3, -0.25) is 0 Å². The number of ether oxygens (including phenoxy) is 1. The fourth-order valence-corrected chi connectivity index (χ4v) is 2.46. The van der Waals surface area contributed by atoms with Gasteiger partial charge in [0.15, 0.2) is 0 Å². The van der Waals surface area contributed by atoms with Crippen molar-refractivity contribution in [2.45, 2.75) is 45.8 Å². The number of amides is 1. The highest BCUT2D eigenvalue weighted by molar-refractivity contribution is 9.10. The van der Waals surface area contributed by atoms with Crippen LogP contribution in [-0.4, -0.2) is 40.7 Å². The summed E-state index contributed by atoms with van der Waals surface area (Å²) in [4.78, 5) is 18.0. The number of pyridine rings is 1. The Morgan fingerprint density at radius 1 is 1.52 bits per heavy atom. The molecule has 1 amide bonds. The maximum absolute atomic E-state index is 12.0. The standard InChI is InChI=1S/C15H22BrN3O2/c1-10-7-12(8-17-13(10)16)18-11-5-6-19(9-11)14(20)21-15(2,3)4/h7-8,11,18H,5-6,9H2,1-4H3. The van der Waals surface area contributed by atoms with Gasteiger partial charge in [-0.25, -0.2) is 9.78 Å². The topological polar surface area (TPSA) is 54.5 Å². The second-order valence-electron chi connectivity index (χ2n) is 6.39. The molecule has 0 radical (unpaired) electrons. The van der Waals surface area contributed by atoms with E-state index in [2.05, 4.69) is 26.2 Å². The number of aryl methyl sites for hydroxylation is 1. The molecule has 0 bridgehead atoms. The highest BCUT2D eigenvalue weighted by Gasteiger charge is 2.29. The predicted octanol–water partition coefficient (Wildman–Crippen LogP) is 3.57. The first-order valence-electron chi connectivity index (χ1n) is 7.11. The van der Waals surface area contributed by atoms with E-state index in [1.54, 1.807) is 11.1 Å². The van der Waals surface area contributed by atoms with Gasteiger partial charge in [-0.15, -0.1) is 0 Å².